The molecular formula is C8H8O2W. The molecule has 58 valence electrons. The number of carboxylic acid groups (broad SMARTS) is 1. The minimum Gasteiger partial charge on any atom is -0.478 e. The van der Waals surface area contributed by atoms with Gasteiger partial charge in [0.15, 0.2) is 0 Å². The predicted molar refractivity (Wildman–Crippen MR) is 38.1 cm³/mol. The van der Waals surface area contributed by atoms with Crippen molar-refractivity contribution in [3.05, 3.63) is 35.4 Å². The van der Waals surface area contributed by atoms with Gasteiger partial charge in [0.05, 0.1) is 5.56 Å². The van der Waals surface area contributed by atoms with Crippen molar-refractivity contribution in [1.29, 1.82) is 0 Å². The Bertz CT molecular complexity index is 258. The number of aryl methyl sites for hydroxylation is 1. The Morgan fingerprint density at radius 2 is 1.91 bits per heavy atom. The third-order valence-electron chi connectivity index (χ3n) is 1.38. The second-order valence-corrected chi connectivity index (χ2v) is 2.12. The van der Waals surface area contributed by atoms with Crippen molar-refractivity contribution in [2.45, 2.75) is 6.92 Å². The van der Waals surface area contributed by atoms with Gasteiger partial charge in [0, 0.05) is 21.1 Å². The summed E-state index contributed by atoms with van der Waals surface area (Å²) in [4.78, 5) is 10.4. The Hall–Kier alpha value is -0.622. The van der Waals surface area contributed by atoms with Crippen molar-refractivity contribution < 1.29 is 31.0 Å². The Morgan fingerprint density at radius 1 is 1.36 bits per heavy atom. The summed E-state index contributed by atoms with van der Waals surface area (Å²) in [6, 6.07) is 6.92. The van der Waals surface area contributed by atoms with Crippen LogP contribution in [0.2, 0.25) is 0 Å². The molecule has 0 spiro atoms. The van der Waals surface area contributed by atoms with E-state index in [1.807, 2.05) is 6.07 Å². The number of carboxylic acids is 1. The molecular weight excluding hydrogens is 312 g/mol. The van der Waals surface area contributed by atoms with Gasteiger partial charge in [-0.15, -0.1) is 0 Å². The maximum Gasteiger partial charge on any atom is 0.335 e. The van der Waals surface area contributed by atoms with Crippen LogP contribution in [0.15, 0.2) is 24.3 Å². The molecule has 0 aliphatic heterocycles. The molecule has 0 saturated carbocycles. The molecule has 2 nitrogen and oxygen atoms in total. The fraction of sp³-hybridized carbons (Fsp3) is 0.125. The van der Waals surface area contributed by atoms with Crippen molar-refractivity contribution in [2.75, 3.05) is 0 Å². The van der Waals surface area contributed by atoms with E-state index in [0.717, 1.165) is 5.56 Å². The number of benzene rings is 1. The Balaban J connectivity index is 0.000001000. The van der Waals surface area contributed by atoms with Gasteiger partial charge < -0.3 is 5.11 Å². The van der Waals surface area contributed by atoms with Gasteiger partial charge >= 0.3 is 5.97 Å². The van der Waals surface area contributed by atoms with Gasteiger partial charge in [0.1, 0.15) is 0 Å². The molecule has 0 fully saturated rings. The Morgan fingerprint density at radius 3 is 2.27 bits per heavy atom. The van der Waals surface area contributed by atoms with Crippen molar-refractivity contribution in [3.8, 4) is 0 Å². The van der Waals surface area contributed by atoms with Gasteiger partial charge in [0.25, 0.3) is 0 Å². The monoisotopic (exact) mass is 320 g/mol. The van der Waals surface area contributed by atoms with E-state index in [2.05, 4.69) is 0 Å². The molecule has 0 amide bonds. The van der Waals surface area contributed by atoms with Gasteiger partial charge in [-0.25, -0.2) is 4.79 Å². The van der Waals surface area contributed by atoms with Crippen LogP contribution >= 0.6 is 0 Å². The topological polar surface area (TPSA) is 37.3 Å². The van der Waals surface area contributed by atoms with E-state index in [1.165, 1.54) is 0 Å². The fourth-order valence-electron chi connectivity index (χ4n) is 0.813. The predicted octanol–water partition coefficient (Wildman–Crippen LogP) is 1.69. The first-order chi connectivity index (χ1) is 4.72. The van der Waals surface area contributed by atoms with Crippen LogP contribution in [0.5, 0.6) is 0 Å². The number of hydrogen-bond acceptors (Lipinski definition) is 1. The standard InChI is InChI=1S/C8H8O2.W/c1-6-4-2-3-5-7(6)8(9)10;/h2-5H,1H3,(H,9,10);. The minimum absolute atomic E-state index is 0. The third-order valence-corrected chi connectivity index (χ3v) is 1.38. The van der Waals surface area contributed by atoms with E-state index >= 15 is 0 Å². The van der Waals surface area contributed by atoms with E-state index in [-0.39, 0.29) is 21.1 Å². The minimum atomic E-state index is -0.863. The summed E-state index contributed by atoms with van der Waals surface area (Å²) < 4.78 is 0. The number of rotatable bonds is 1. The van der Waals surface area contributed by atoms with Crippen LogP contribution < -0.4 is 0 Å². The average molecular weight is 320 g/mol. The molecule has 1 aromatic rings. The van der Waals surface area contributed by atoms with Crippen molar-refractivity contribution in [1.82, 2.24) is 0 Å². The molecule has 0 unspecified atom stereocenters. The van der Waals surface area contributed by atoms with Gasteiger partial charge in [-0.2, -0.15) is 0 Å². The first-order valence-electron chi connectivity index (χ1n) is 3.01. The van der Waals surface area contributed by atoms with E-state index in [4.69, 9.17) is 5.11 Å². The molecule has 1 rings (SSSR count). The molecule has 0 aromatic heterocycles. The van der Waals surface area contributed by atoms with E-state index in [0.29, 0.717) is 5.56 Å². The molecule has 0 atom stereocenters. The molecule has 0 radical (unpaired) electrons. The molecule has 0 saturated heterocycles. The molecule has 1 aromatic carbocycles. The zero-order valence-corrected chi connectivity index (χ0v) is 9.01. The van der Waals surface area contributed by atoms with Gasteiger partial charge in [-0.1, -0.05) is 18.2 Å². The smallest absolute Gasteiger partial charge is 0.335 e. The maximum absolute atomic E-state index is 10.4. The summed E-state index contributed by atoms with van der Waals surface area (Å²) in [5.74, 6) is -0.863. The Labute approximate surface area is 79.5 Å². The third kappa shape index (κ3) is 2.47. The van der Waals surface area contributed by atoms with Crippen molar-refractivity contribution in [2.24, 2.45) is 0 Å². The van der Waals surface area contributed by atoms with Gasteiger partial charge in [0.2, 0.25) is 0 Å². The summed E-state index contributed by atoms with van der Waals surface area (Å²) in [5.41, 5.74) is 1.18. The second kappa shape index (κ2) is 4.30. The molecule has 0 bridgehead atoms. The van der Waals surface area contributed by atoms with Crippen molar-refractivity contribution >= 4 is 5.97 Å². The molecule has 0 aliphatic rings. The van der Waals surface area contributed by atoms with Crippen LogP contribution in [0.25, 0.3) is 0 Å². The summed E-state index contributed by atoms with van der Waals surface area (Å²) >= 11 is 0. The second-order valence-electron chi connectivity index (χ2n) is 2.12. The molecule has 11 heavy (non-hydrogen) atoms. The normalized spacial score (nSPS) is 8.45. The molecule has 3 heteroatoms. The average Bonchev–Trinajstić information content (AvgIpc) is 1.88. The molecule has 0 aliphatic carbocycles. The number of carbonyl (C=O) groups is 1. The van der Waals surface area contributed by atoms with E-state index in [1.54, 1.807) is 25.1 Å². The number of hydrogen-bond donors (Lipinski definition) is 1. The Kier molecular flexibility index (Phi) is 4.05. The molecule has 0 heterocycles. The van der Waals surface area contributed by atoms with Crippen LogP contribution in [0.1, 0.15) is 15.9 Å². The maximum atomic E-state index is 10.4. The SMILES string of the molecule is Cc1ccccc1C(=O)O.[W]. The van der Waals surface area contributed by atoms with Crippen LogP contribution in [0.3, 0.4) is 0 Å². The summed E-state index contributed by atoms with van der Waals surface area (Å²) in [7, 11) is 0. The zero-order valence-electron chi connectivity index (χ0n) is 6.07. The zero-order chi connectivity index (χ0) is 7.56. The largest absolute Gasteiger partial charge is 0.478 e. The van der Waals surface area contributed by atoms with E-state index in [9.17, 15) is 4.79 Å². The first-order valence-corrected chi connectivity index (χ1v) is 3.01. The number of aromatic carboxylic acids is 1. The van der Waals surface area contributed by atoms with Gasteiger partial charge in [-0.3, -0.25) is 0 Å². The van der Waals surface area contributed by atoms with Gasteiger partial charge in [-0.05, 0) is 18.6 Å². The molecule has 1 N–H and O–H groups in total. The summed E-state index contributed by atoms with van der Waals surface area (Å²) in [5, 5.41) is 8.57. The van der Waals surface area contributed by atoms with Crippen molar-refractivity contribution in [3.63, 3.8) is 0 Å². The van der Waals surface area contributed by atoms with Crippen LogP contribution in [0, 0.1) is 6.92 Å². The summed E-state index contributed by atoms with van der Waals surface area (Å²) in [6.45, 7) is 1.78. The first kappa shape index (κ1) is 10.4. The van der Waals surface area contributed by atoms with E-state index < -0.39 is 5.97 Å². The van der Waals surface area contributed by atoms with Crippen LogP contribution in [0.4, 0.5) is 0 Å². The van der Waals surface area contributed by atoms with Crippen LogP contribution in [-0.4, -0.2) is 11.1 Å². The fourth-order valence-corrected chi connectivity index (χ4v) is 0.813. The summed E-state index contributed by atoms with van der Waals surface area (Å²) in [6.07, 6.45) is 0. The van der Waals surface area contributed by atoms with Crippen LogP contribution in [-0.2, 0) is 21.1 Å². The quantitative estimate of drug-likeness (QED) is 0.855.